The maximum absolute atomic E-state index is 11.8. The first-order valence-corrected chi connectivity index (χ1v) is 10.4. The lowest BCUT2D eigenvalue weighted by atomic mass is 10.0. The summed E-state index contributed by atoms with van der Waals surface area (Å²) in [7, 11) is 1.64. The molecule has 0 atom stereocenters. The Labute approximate surface area is 168 Å². The number of hydrogen-bond donors (Lipinski definition) is 2. The van der Waals surface area contributed by atoms with Crippen molar-refractivity contribution in [2.24, 2.45) is 0 Å². The Morgan fingerprint density at radius 3 is 2.82 bits per heavy atom. The molecule has 0 saturated carbocycles. The van der Waals surface area contributed by atoms with E-state index in [0.717, 1.165) is 18.0 Å². The lowest BCUT2D eigenvalue weighted by molar-refractivity contribution is -0.120. The molecule has 146 valence electrons. The standard InChI is InChI=1S/C20H24N6OS/c1-3-12-9-13-5-4-6-14(13)10-15(12)28-20-25-17-18(21)23-11-24-19(17)26(20)8-7-16(27)22-2/h9-11H,3-8H2,1-2H3,(H,22,27)(H2,21,23,24). The summed E-state index contributed by atoms with van der Waals surface area (Å²) in [6, 6.07) is 4.65. The Hall–Kier alpha value is -2.61. The van der Waals surface area contributed by atoms with Crippen LogP contribution in [0.4, 0.5) is 5.82 Å². The number of rotatable bonds is 6. The number of nitrogens with zero attached hydrogens (tertiary/aromatic N) is 4. The SMILES string of the molecule is CCc1cc2c(cc1Sc1nc3c(N)ncnc3n1CCC(=O)NC)CCC2. The van der Waals surface area contributed by atoms with Crippen molar-refractivity contribution >= 4 is 34.7 Å². The largest absolute Gasteiger partial charge is 0.382 e. The molecule has 28 heavy (non-hydrogen) atoms. The Morgan fingerprint density at radius 2 is 2.07 bits per heavy atom. The molecule has 0 radical (unpaired) electrons. The lowest BCUT2D eigenvalue weighted by Gasteiger charge is -2.12. The Balaban J connectivity index is 1.76. The van der Waals surface area contributed by atoms with Crippen LogP contribution in [-0.4, -0.2) is 32.5 Å². The van der Waals surface area contributed by atoms with Gasteiger partial charge in [-0.25, -0.2) is 15.0 Å². The van der Waals surface area contributed by atoms with Crippen LogP contribution >= 0.6 is 11.8 Å². The second-order valence-corrected chi connectivity index (χ2v) is 7.95. The summed E-state index contributed by atoms with van der Waals surface area (Å²) in [6.45, 7) is 2.67. The van der Waals surface area contributed by atoms with Crippen LogP contribution in [0, 0.1) is 0 Å². The van der Waals surface area contributed by atoms with Crippen LogP contribution < -0.4 is 11.1 Å². The van der Waals surface area contributed by atoms with Gasteiger partial charge in [0.25, 0.3) is 0 Å². The molecule has 0 saturated heterocycles. The fourth-order valence-electron chi connectivity index (χ4n) is 3.67. The highest BCUT2D eigenvalue weighted by atomic mass is 32.2. The van der Waals surface area contributed by atoms with Gasteiger partial charge >= 0.3 is 0 Å². The van der Waals surface area contributed by atoms with Crippen LogP contribution in [0.25, 0.3) is 11.2 Å². The van der Waals surface area contributed by atoms with Crippen molar-refractivity contribution < 1.29 is 4.79 Å². The molecule has 0 aliphatic heterocycles. The number of carbonyl (C=O) groups excluding carboxylic acids is 1. The number of fused-ring (bicyclic) bond motifs is 2. The molecule has 3 aromatic rings. The second-order valence-electron chi connectivity index (χ2n) is 6.94. The summed E-state index contributed by atoms with van der Waals surface area (Å²) in [5.74, 6) is 0.335. The van der Waals surface area contributed by atoms with Gasteiger partial charge in [0.2, 0.25) is 5.91 Å². The van der Waals surface area contributed by atoms with Crippen molar-refractivity contribution in [2.45, 2.75) is 55.6 Å². The van der Waals surface area contributed by atoms with E-state index in [0.29, 0.717) is 29.9 Å². The van der Waals surface area contributed by atoms with Gasteiger partial charge in [0.05, 0.1) is 0 Å². The van der Waals surface area contributed by atoms with Crippen molar-refractivity contribution in [1.82, 2.24) is 24.8 Å². The summed E-state index contributed by atoms with van der Waals surface area (Å²) >= 11 is 1.62. The number of hydrogen-bond acceptors (Lipinski definition) is 6. The summed E-state index contributed by atoms with van der Waals surface area (Å²) in [5.41, 5.74) is 11.5. The summed E-state index contributed by atoms with van der Waals surface area (Å²) in [5, 5.41) is 3.46. The van der Waals surface area contributed by atoms with E-state index in [-0.39, 0.29) is 5.91 Å². The van der Waals surface area contributed by atoms with E-state index in [4.69, 9.17) is 10.7 Å². The zero-order chi connectivity index (χ0) is 19.7. The minimum Gasteiger partial charge on any atom is -0.382 e. The van der Waals surface area contributed by atoms with Gasteiger partial charge in [0.1, 0.15) is 6.33 Å². The maximum atomic E-state index is 11.8. The van der Waals surface area contributed by atoms with Crippen LogP contribution in [-0.2, 0) is 30.6 Å². The number of nitrogen functional groups attached to an aromatic ring is 1. The smallest absolute Gasteiger partial charge is 0.221 e. The molecule has 1 aromatic carbocycles. The van der Waals surface area contributed by atoms with Gasteiger partial charge in [0, 0.05) is 24.9 Å². The highest BCUT2D eigenvalue weighted by Gasteiger charge is 2.20. The van der Waals surface area contributed by atoms with E-state index in [1.165, 1.54) is 40.8 Å². The molecule has 0 fully saturated rings. The van der Waals surface area contributed by atoms with Gasteiger partial charge in [-0.05, 0) is 48.4 Å². The van der Waals surface area contributed by atoms with Gasteiger partial charge in [-0.1, -0.05) is 24.8 Å². The van der Waals surface area contributed by atoms with Crippen molar-refractivity contribution in [1.29, 1.82) is 0 Å². The predicted molar refractivity (Wildman–Crippen MR) is 110 cm³/mol. The molecular formula is C20H24N6OS. The molecule has 3 N–H and O–H groups in total. The van der Waals surface area contributed by atoms with Gasteiger partial charge in [-0.3, -0.25) is 4.79 Å². The molecule has 2 aromatic heterocycles. The van der Waals surface area contributed by atoms with Crippen LogP contribution in [0.2, 0.25) is 0 Å². The zero-order valence-electron chi connectivity index (χ0n) is 16.2. The second kappa shape index (κ2) is 7.79. The number of anilines is 1. The molecule has 2 heterocycles. The number of benzene rings is 1. The first kappa shape index (κ1) is 18.7. The van der Waals surface area contributed by atoms with E-state index >= 15 is 0 Å². The van der Waals surface area contributed by atoms with Crippen molar-refractivity contribution in [2.75, 3.05) is 12.8 Å². The number of aryl methyl sites for hydroxylation is 4. The van der Waals surface area contributed by atoms with Crippen LogP contribution in [0.15, 0.2) is 28.5 Å². The van der Waals surface area contributed by atoms with Crippen LogP contribution in [0.5, 0.6) is 0 Å². The zero-order valence-corrected chi connectivity index (χ0v) is 17.0. The number of nitrogens with two attached hydrogens (primary N) is 1. The Bertz CT molecular complexity index is 1040. The lowest BCUT2D eigenvalue weighted by Crippen LogP contribution is -2.19. The average Bonchev–Trinajstić information content (AvgIpc) is 3.30. The van der Waals surface area contributed by atoms with E-state index in [2.05, 4.69) is 34.3 Å². The van der Waals surface area contributed by atoms with Gasteiger partial charge in [0.15, 0.2) is 22.1 Å². The molecular weight excluding hydrogens is 372 g/mol. The molecule has 1 aliphatic carbocycles. The fourth-order valence-corrected chi connectivity index (χ4v) is 4.83. The maximum Gasteiger partial charge on any atom is 0.221 e. The first-order valence-electron chi connectivity index (χ1n) is 9.60. The third-order valence-electron chi connectivity index (χ3n) is 5.22. The molecule has 0 unspecified atom stereocenters. The van der Waals surface area contributed by atoms with E-state index in [1.807, 2.05) is 4.57 Å². The normalized spacial score (nSPS) is 13.1. The summed E-state index contributed by atoms with van der Waals surface area (Å²) in [6.07, 6.45) is 6.29. The average molecular weight is 397 g/mol. The number of carbonyl (C=O) groups is 1. The van der Waals surface area contributed by atoms with Crippen LogP contribution in [0.1, 0.15) is 36.5 Å². The Kier molecular flexibility index (Phi) is 5.21. The highest BCUT2D eigenvalue weighted by Crippen LogP contribution is 2.36. The highest BCUT2D eigenvalue weighted by molar-refractivity contribution is 7.99. The molecule has 4 rings (SSSR count). The van der Waals surface area contributed by atoms with Gasteiger partial charge in [-0.2, -0.15) is 0 Å². The molecule has 8 heteroatoms. The molecule has 7 nitrogen and oxygen atoms in total. The number of nitrogens with one attached hydrogen (secondary N) is 1. The van der Waals surface area contributed by atoms with Gasteiger partial charge in [-0.15, -0.1) is 0 Å². The Morgan fingerprint density at radius 1 is 1.29 bits per heavy atom. The molecule has 1 aliphatic rings. The molecule has 0 spiro atoms. The minimum atomic E-state index is -0.0217. The minimum absolute atomic E-state index is 0.0217. The number of amides is 1. The third kappa shape index (κ3) is 3.44. The van der Waals surface area contributed by atoms with E-state index in [9.17, 15) is 4.79 Å². The summed E-state index contributed by atoms with van der Waals surface area (Å²) < 4.78 is 1.97. The topological polar surface area (TPSA) is 98.7 Å². The summed E-state index contributed by atoms with van der Waals surface area (Å²) in [4.78, 5) is 26.2. The van der Waals surface area contributed by atoms with Crippen molar-refractivity contribution in [3.8, 4) is 0 Å². The first-order chi connectivity index (χ1) is 13.6. The number of aromatic nitrogens is 4. The molecule has 0 bridgehead atoms. The van der Waals surface area contributed by atoms with Crippen molar-refractivity contribution in [3.05, 3.63) is 35.2 Å². The van der Waals surface area contributed by atoms with Crippen LogP contribution in [0.3, 0.4) is 0 Å². The fraction of sp³-hybridized carbons (Fsp3) is 0.400. The van der Waals surface area contributed by atoms with E-state index in [1.54, 1.807) is 18.8 Å². The monoisotopic (exact) mass is 396 g/mol. The van der Waals surface area contributed by atoms with Crippen molar-refractivity contribution in [3.63, 3.8) is 0 Å². The molecule has 1 amide bonds. The third-order valence-corrected chi connectivity index (χ3v) is 6.32. The number of imidazole rings is 1. The van der Waals surface area contributed by atoms with Gasteiger partial charge < -0.3 is 15.6 Å². The quantitative estimate of drug-likeness (QED) is 0.665. The predicted octanol–water partition coefficient (Wildman–Crippen LogP) is 2.75. The van der Waals surface area contributed by atoms with E-state index < -0.39 is 0 Å².